The maximum atomic E-state index is 12.9. The Kier molecular flexibility index (Phi) is 3.82. The Hall–Kier alpha value is -1.69. The summed E-state index contributed by atoms with van der Waals surface area (Å²) in [6, 6.07) is 3.00. The molecule has 1 aliphatic heterocycles. The Labute approximate surface area is 121 Å². The molecule has 2 aromatic heterocycles. The molecule has 0 aromatic carbocycles. The van der Waals surface area contributed by atoms with Crippen LogP contribution in [0.25, 0.3) is 11.5 Å². The van der Waals surface area contributed by atoms with Gasteiger partial charge in [0.2, 0.25) is 0 Å². The highest BCUT2D eigenvalue weighted by Gasteiger charge is 2.20. The number of hydrogen-bond donors (Lipinski definition) is 1. The Morgan fingerprint density at radius 3 is 2.95 bits per heavy atom. The van der Waals surface area contributed by atoms with E-state index >= 15 is 0 Å². The van der Waals surface area contributed by atoms with E-state index in [1.807, 2.05) is 11.8 Å². The minimum atomic E-state index is -0.352. The van der Waals surface area contributed by atoms with Gasteiger partial charge in [-0.2, -0.15) is 11.8 Å². The molecule has 0 aliphatic carbocycles. The van der Waals surface area contributed by atoms with Gasteiger partial charge in [-0.25, -0.2) is 19.3 Å². The van der Waals surface area contributed by atoms with Crippen LogP contribution in [0.15, 0.2) is 18.3 Å². The second-order valence-electron chi connectivity index (χ2n) is 4.60. The average Bonchev–Trinajstić information content (AvgIpc) is 2.94. The molecule has 104 valence electrons. The number of anilines is 1. The molecule has 2 aromatic rings. The molecular weight excluding hydrogens is 275 g/mol. The lowest BCUT2D eigenvalue weighted by Gasteiger charge is -2.10. The lowest BCUT2D eigenvalue weighted by Crippen LogP contribution is -2.08. The standard InChI is InChI=1S/C14H15FN4S/c1-2-5-16-13-10-7-20-8-12(10)18-14(19-13)11-4-3-9(15)6-17-11/h3-4,6H,2,5,7-8H2,1H3,(H,16,18,19). The Bertz CT molecular complexity index is 615. The first-order valence-corrected chi connectivity index (χ1v) is 7.76. The van der Waals surface area contributed by atoms with E-state index in [2.05, 4.69) is 27.2 Å². The van der Waals surface area contributed by atoms with Gasteiger partial charge in [0.1, 0.15) is 17.3 Å². The van der Waals surface area contributed by atoms with Gasteiger partial charge in [-0.1, -0.05) is 6.92 Å². The predicted octanol–water partition coefficient (Wildman–Crippen LogP) is 3.25. The topological polar surface area (TPSA) is 50.7 Å². The highest BCUT2D eigenvalue weighted by atomic mass is 32.2. The van der Waals surface area contributed by atoms with Crippen LogP contribution in [-0.2, 0) is 11.5 Å². The molecular formula is C14H15FN4S. The molecule has 0 bridgehead atoms. The second-order valence-corrected chi connectivity index (χ2v) is 5.59. The number of aromatic nitrogens is 3. The van der Waals surface area contributed by atoms with Crippen molar-refractivity contribution >= 4 is 17.6 Å². The molecule has 0 amide bonds. The van der Waals surface area contributed by atoms with Gasteiger partial charge in [0.25, 0.3) is 0 Å². The van der Waals surface area contributed by atoms with E-state index in [0.717, 1.165) is 36.0 Å². The van der Waals surface area contributed by atoms with Crippen molar-refractivity contribution in [2.75, 3.05) is 11.9 Å². The highest BCUT2D eigenvalue weighted by Crippen LogP contribution is 2.34. The summed E-state index contributed by atoms with van der Waals surface area (Å²) in [6.07, 6.45) is 2.23. The SMILES string of the molecule is CCCNc1nc(-c2ccc(F)cn2)nc2c1CSC2. The maximum absolute atomic E-state index is 12.9. The van der Waals surface area contributed by atoms with Gasteiger partial charge in [-0.3, -0.25) is 0 Å². The fourth-order valence-electron chi connectivity index (χ4n) is 2.06. The molecule has 4 nitrogen and oxygen atoms in total. The fourth-order valence-corrected chi connectivity index (χ4v) is 3.11. The van der Waals surface area contributed by atoms with Gasteiger partial charge in [0.15, 0.2) is 5.82 Å². The van der Waals surface area contributed by atoms with E-state index in [1.165, 1.54) is 17.8 Å². The minimum Gasteiger partial charge on any atom is -0.370 e. The lowest BCUT2D eigenvalue weighted by atomic mass is 10.2. The molecule has 20 heavy (non-hydrogen) atoms. The summed E-state index contributed by atoms with van der Waals surface area (Å²) in [5.41, 5.74) is 2.85. The molecule has 1 aliphatic rings. The summed E-state index contributed by atoms with van der Waals surface area (Å²) in [5, 5.41) is 3.35. The second kappa shape index (κ2) is 5.75. The first-order valence-electron chi connectivity index (χ1n) is 6.61. The van der Waals surface area contributed by atoms with Crippen LogP contribution >= 0.6 is 11.8 Å². The van der Waals surface area contributed by atoms with E-state index in [1.54, 1.807) is 6.07 Å². The molecule has 0 unspecified atom stereocenters. The van der Waals surface area contributed by atoms with E-state index in [-0.39, 0.29) is 5.82 Å². The summed E-state index contributed by atoms with van der Waals surface area (Å²) in [4.78, 5) is 13.2. The van der Waals surface area contributed by atoms with Crippen LogP contribution in [0.5, 0.6) is 0 Å². The first-order chi connectivity index (χ1) is 9.78. The summed E-state index contributed by atoms with van der Waals surface area (Å²) in [6.45, 7) is 3.00. The van der Waals surface area contributed by atoms with Crippen molar-refractivity contribution in [1.29, 1.82) is 0 Å². The number of fused-ring (bicyclic) bond motifs is 1. The Morgan fingerprint density at radius 1 is 1.30 bits per heavy atom. The molecule has 0 radical (unpaired) electrons. The predicted molar refractivity (Wildman–Crippen MR) is 79.0 cm³/mol. The maximum Gasteiger partial charge on any atom is 0.180 e. The zero-order valence-electron chi connectivity index (χ0n) is 11.2. The van der Waals surface area contributed by atoms with Gasteiger partial charge in [0.05, 0.1) is 11.9 Å². The summed E-state index contributed by atoms with van der Waals surface area (Å²) < 4.78 is 12.9. The van der Waals surface area contributed by atoms with Crippen LogP contribution in [0.1, 0.15) is 24.6 Å². The number of halogens is 1. The van der Waals surface area contributed by atoms with Crippen molar-refractivity contribution in [2.24, 2.45) is 0 Å². The van der Waals surface area contributed by atoms with E-state index < -0.39 is 0 Å². The normalized spacial score (nSPS) is 13.3. The molecule has 3 rings (SSSR count). The zero-order valence-corrected chi connectivity index (χ0v) is 12.0. The smallest absolute Gasteiger partial charge is 0.180 e. The molecule has 0 saturated carbocycles. The summed E-state index contributed by atoms with van der Waals surface area (Å²) in [7, 11) is 0. The van der Waals surface area contributed by atoms with Gasteiger partial charge >= 0.3 is 0 Å². The van der Waals surface area contributed by atoms with Crippen molar-refractivity contribution in [1.82, 2.24) is 15.0 Å². The Morgan fingerprint density at radius 2 is 2.20 bits per heavy atom. The van der Waals surface area contributed by atoms with E-state index in [9.17, 15) is 4.39 Å². The quantitative estimate of drug-likeness (QED) is 0.936. The molecule has 0 fully saturated rings. The number of nitrogens with zero attached hydrogens (tertiary/aromatic N) is 3. The van der Waals surface area contributed by atoms with Crippen molar-refractivity contribution in [2.45, 2.75) is 24.9 Å². The third-order valence-corrected chi connectivity index (χ3v) is 4.05. The molecule has 0 atom stereocenters. The minimum absolute atomic E-state index is 0.352. The van der Waals surface area contributed by atoms with Gasteiger partial charge in [-0.05, 0) is 18.6 Å². The van der Waals surface area contributed by atoms with Crippen LogP contribution < -0.4 is 5.32 Å². The number of thioether (sulfide) groups is 1. The van der Waals surface area contributed by atoms with Crippen molar-refractivity contribution in [3.63, 3.8) is 0 Å². The number of rotatable bonds is 4. The molecule has 0 spiro atoms. The summed E-state index contributed by atoms with van der Waals surface area (Å²) in [5.74, 6) is 2.94. The van der Waals surface area contributed by atoms with Crippen molar-refractivity contribution in [3.05, 3.63) is 35.4 Å². The number of pyridine rings is 1. The summed E-state index contributed by atoms with van der Waals surface area (Å²) >= 11 is 1.83. The van der Waals surface area contributed by atoms with Crippen molar-refractivity contribution < 1.29 is 4.39 Å². The van der Waals surface area contributed by atoms with Crippen LogP contribution in [0.3, 0.4) is 0 Å². The molecule has 6 heteroatoms. The number of nitrogens with one attached hydrogen (secondary N) is 1. The van der Waals surface area contributed by atoms with Crippen LogP contribution in [0, 0.1) is 5.82 Å². The Balaban J connectivity index is 2.01. The largest absolute Gasteiger partial charge is 0.370 e. The van der Waals surface area contributed by atoms with Gasteiger partial charge in [-0.15, -0.1) is 0 Å². The van der Waals surface area contributed by atoms with Crippen LogP contribution in [0.4, 0.5) is 10.2 Å². The third-order valence-electron chi connectivity index (χ3n) is 3.08. The molecule has 3 heterocycles. The lowest BCUT2D eigenvalue weighted by molar-refractivity contribution is 0.621. The van der Waals surface area contributed by atoms with E-state index in [4.69, 9.17) is 0 Å². The van der Waals surface area contributed by atoms with Crippen LogP contribution in [0.2, 0.25) is 0 Å². The third kappa shape index (κ3) is 2.60. The van der Waals surface area contributed by atoms with Crippen LogP contribution in [-0.4, -0.2) is 21.5 Å². The monoisotopic (exact) mass is 290 g/mol. The average molecular weight is 290 g/mol. The van der Waals surface area contributed by atoms with Crippen molar-refractivity contribution in [3.8, 4) is 11.5 Å². The van der Waals surface area contributed by atoms with Gasteiger partial charge < -0.3 is 5.32 Å². The first kappa shape index (κ1) is 13.3. The molecule has 1 N–H and O–H groups in total. The fraction of sp³-hybridized carbons (Fsp3) is 0.357. The zero-order chi connectivity index (χ0) is 13.9. The molecule has 0 saturated heterocycles. The van der Waals surface area contributed by atoms with E-state index in [0.29, 0.717) is 11.5 Å². The van der Waals surface area contributed by atoms with Gasteiger partial charge in [0, 0.05) is 23.6 Å². The number of hydrogen-bond acceptors (Lipinski definition) is 5. The highest BCUT2D eigenvalue weighted by molar-refractivity contribution is 7.98.